The highest BCUT2D eigenvalue weighted by molar-refractivity contribution is 6.39. The Bertz CT molecular complexity index is 899. The van der Waals surface area contributed by atoms with Gasteiger partial charge in [-0.15, -0.1) is 0 Å². The first-order chi connectivity index (χ1) is 14.3. The second-order valence-corrected chi connectivity index (χ2v) is 7.97. The normalized spacial score (nSPS) is 16.1. The van der Waals surface area contributed by atoms with Gasteiger partial charge in [-0.25, -0.2) is 4.39 Å². The van der Waals surface area contributed by atoms with Gasteiger partial charge >= 0.3 is 11.8 Å². The molecule has 8 heteroatoms. The lowest BCUT2D eigenvalue weighted by Gasteiger charge is -2.38. The predicted molar refractivity (Wildman–Crippen MR) is 116 cm³/mol. The number of piperazine rings is 1. The van der Waals surface area contributed by atoms with Crippen molar-refractivity contribution in [1.29, 1.82) is 0 Å². The second kappa shape index (κ2) is 10.0. The Labute approximate surface area is 181 Å². The van der Waals surface area contributed by atoms with E-state index in [9.17, 15) is 14.0 Å². The standard InChI is InChI=1S/C22H26ClFN4O2/c1-15-3-5-16(6-4-15)20(28-11-9-27(2)10-12-28)14-25-21(29)22(30)26-17-7-8-19(24)18(23)13-17/h3-8,13,20H,9-12,14H2,1-2H3,(H,25,29)(H,26,30). The molecule has 0 aromatic heterocycles. The van der Waals surface area contributed by atoms with Crippen LogP contribution in [0.3, 0.4) is 0 Å². The number of carbonyl (C=O) groups excluding carboxylic acids is 2. The molecule has 1 heterocycles. The molecule has 1 atom stereocenters. The van der Waals surface area contributed by atoms with Crippen molar-refractivity contribution in [3.8, 4) is 0 Å². The maximum atomic E-state index is 13.3. The zero-order valence-electron chi connectivity index (χ0n) is 17.1. The van der Waals surface area contributed by atoms with Crippen molar-refractivity contribution in [3.05, 3.63) is 64.4 Å². The van der Waals surface area contributed by atoms with Crippen LogP contribution in [0.25, 0.3) is 0 Å². The smallest absolute Gasteiger partial charge is 0.313 e. The molecule has 1 unspecified atom stereocenters. The first-order valence-electron chi connectivity index (χ1n) is 9.87. The van der Waals surface area contributed by atoms with Crippen LogP contribution in [0.4, 0.5) is 10.1 Å². The molecule has 30 heavy (non-hydrogen) atoms. The van der Waals surface area contributed by atoms with Gasteiger partial charge in [0, 0.05) is 38.4 Å². The van der Waals surface area contributed by atoms with Crippen LogP contribution in [0.2, 0.25) is 5.02 Å². The molecule has 2 N–H and O–H groups in total. The van der Waals surface area contributed by atoms with Gasteiger partial charge in [0.15, 0.2) is 0 Å². The largest absolute Gasteiger partial charge is 0.346 e. The highest BCUT2D eigenvalue weighted by Gasteiger charge is 2.25. The van der Waals surface area contributed by atoms with Crippen LogP contribution in [-0.2, 0) is 9.59 Å². The van der Waals surface area contributed by atoms with Crippen molar-refractivity contribution < 1.29 is 14.0 Å². The molecule has 0 aliphatic carbocycles. The second-order valence-electron chi connectivity index (χ2n) is 7.56. The number of benzene rings is 2. The van der Waals surface area contributed by atoms with E-state index in [0.717, 1.165) is 43.4 Å². The molecule has 1 aliphatic heterocycles. The number of hydrogen-bond donors (Lipinski definition) is 2. The topological polar surface area (TPSA) is 64.7 Å². The van der Waals surface area contributed by atoms with Crippen LogP contribution < -0.4 is 10.6 Å². The third-order valence-electron chi connectivity index (χ3n) is 5.28. The molecule has 2 aromatic carbocycles. The summed E-state index contributed by atoms with van der Waals surface area (Å²) in [5.41, 5.74) is 2.52. The van der Waals surface area contributed by atoms with Gasteiger partial charge in [-0.3, -0.25) is 14.5 Å². The summed E-state index contributed by atoms with van der Waals surface area (Å²) < 4.78 is 13.3. The lowest BCUT2D eigenvalue weighted by atomic mass is 10.0. The predicted octanol–water partition coefficient (Wildman–Crippen LogP) is 2.83. The van der Waals surface area contributed by atoms with Gasteiger partial charge in [0.25, 0.3) is 0 Å². The quantitative estimate of drug-likeness (QED) is 0.713. The van der Waals surface area contributed by atoms with Crippen molar-refractivity contribution in [3.63, 3.8) is 0 Å². The number of likely N-dealkylation sites (N-methyl/N-ethyl adjacent to an activating group) is 1. The van der Waals surface area contributed by atoms with E-state index >= 15 is 0 Å². The fourth-order valence-electron chi connectivity index (χ4n) is 3.41. The Morgan fingerprint density at radius 3 is 2.37 bits per heavy atom. The zero-order valence-corrected chi connectivity index (χ0v) is 17.9. The molecule has 0 bridgehead atoms. The van der Waals surface area contributed by atoms with E-state index in [0.29, 0.717) is 6.54 Å². The Kier molecular flexibility index (Phi) is 7.42. The van der Waals surface area contributed by atoms with Gasteiger partial charge in [-0.05, 0) is 37.7 Å². The summed E-state index contributed by atoms with van der Waals surface area (Å²) >= 11 is 5.72. The summed E-state index contributed by atoms with van der Waals surface area (Å²) in [6.45, 7) is 5.99. The van der Waals surface area contributed by atoms with Gasteiger partial charge in [-0.1, -0.05) is 41.4 Å². The van der Waals surface area contributed by atoms with Crippen LogP contribution in [-0.4, -0.2) is 61.4 Å². The van der Waals surface area contributed by atoms with E-state index in [4.69, 9.17) is 11.6 Å². The van der Waals surface area contributed by atoms with Crippen molar-refractivity contribution in [1.82, 2.24) is 15.1 Å². The number of carbonyl (C=O) groups is 2. The fourth-order valence-corrected chi connectivity index (χ4v) is 3.59. The van der Waals surface area contributed by atoms with Crippen molar-refractivity contribution in [2.75, 3.05) is 45.1 Å². The molecule has 1 aliphatic rings. The summed E-state index contributed by atoms with van der Waals surface area (Å²) in [4.78, 5) is 29.2. The molecule has 0 saturated carbocycles. The molecule has 3 rings (SSSR count). The monoisotopic (exact) mass is 432 g/mol. The Hall–Kier alpha value is -2.48. The van der Waals surface area contributed by atoms with Crippen molar-refractivity contribution in [2.45, 2.75) is 13.0 Å². The van der Waals surface area contributed by atoms with E-state index < -0.39 is 17.6 Å². The van der Waals surface area contributed by atoms with Crippen molar-refractivity contribution in [2.24, 2.45) is 0 Å². The zero-order chi connectivity index (χ0) is 21.7. The molecule has 0 spiro atoms. The lowest BCUT2D eigenvalue weighted by Crippen LogP contribution is -2.49. The van der Waals surface area contributed by atoms with E-state index in [-0.39, 0.29) is 16.8 Å². The molecular weight excluding hydrogens is 407 g/mol. The minimum absolute atomic E-state index is 0.0312. The average Bonchev–Trinajstić information content (AvgIpc) is 2.73. The molecule has 1 saturated heterocycles. The first-order valence-corrected chi connectivity index (χ1v) is 10.2. The Morgan fingerprint density at radius 1 is 1.07 bits per heavy atom. The van der Waals surface area contributed by atoms with Crippen LogP contribution in [0.15, 0.2) is 42.5 Å². The maximum absolute atomic E-state index is 13.3. The highest BCUT2D eigenvalue weighted by atomic mass is 35.5. The molecule has 6 nitrogen and oxygen atoms in total. The van der Waals surface area contributed by atoms with Gasteiger partial charge < -0.3 is 15.5 Å². The van der Waals surface area contributed by atoms with Gasteiger partial charge in [0.2, 0.25) is 0 Å². The van der Waals surface area contributed by atoms with E-state index in [1.54, 1.807) is 0 Å². The summed E-state index contributed by atoms with van der Waals surface area (Å²) in [5, 5.41) is 5.06. The lowest BCUT2D eigenvalue weighted by molar-refractivity contribution is -0.136. The number of nitrogens with zero attached hydrogens (tertiary/aromatic N) is 2. The van der Waals surface area contributed by atoms with Crippen molar-refractivity contribution >= 4 is 29.1 Å². The Morgan fingerprint density at radius 2 is 1.73 bits per heavy atom. The SMILES string of the molecule is Cc1ccc(C(CNC(=O)C(=O)Nc2ccc(F)c(Cl)c2)N2CCN(C)CC2)cc1. The van der Waals surface area contributed by atoms with Gasteiger partial charge in [0.05, 0.1) is 11.1 Å². The summed E-state index contributed by atoms with van der Waals surface area (Å²) in [7, 11) is 2.09. The number of rotatable bonds is 5. The average molecular weight is 433 g/mol. The number of aryl methyl sites for hydroxylation is 1. The van der Waals surface area contributed by atoms with Gasteiger partial charge in [-0.2, -0.15) is 0 Å². The molecule has 1 fully saturated rings. The van der Waals surface area contributed by atoms with Crippen LogP contribution in [0, 0.1) is 12.7 Å². The summed E-state index contributed by atoms with van der Waals surface area (Å²) in [6, 6.07) is 11.9. The number of amides is 2. The molecule has 2 aromatic rings. The molecule has 2 amide bonds. The van der Waals surface area contributed by atoms with E-state index in [1.165, 1.54) is 12.1 Å². The number of hydrogen-bond acceptors (Lipinski definition) is 4. The minimum Gasteiger partial charge on any atom is -0.346 e. The van der Waals surface area contributed by atoms with Crippen LogP contribution >= 0.6 is 11.6 Å². The highest BCUT2D eigenvalue weighted by Crippen LogP contribution is 2.22. The molecular formula is C22H26ClFN4O2. The first kappa shape index (κ1) is 22.2. The molecule has 0 radical (unpaired) electrons. The fraction of sp³-hybridized carbons (Fsp3) is 0.364. The molecule has 160 valence electrons. The van der Waals surface area contributed by atoms with Gasteiger partial charge in [0.1, 0.15) is 5.82 Å². The summed E-state index contributed by atoms with van der Waals surface area (Å²) in [6.07, 6.45) is 0. The Balaban J connectivity index is 1.65. The number of anilines is 1. The third kappa shape index (κ3) is 5.78. The number of nitrogens with one attached hydrogen (secondary N) is 2. The van der Waals surface area contributed by atoms with E-state index in [2.05, 4.69) is 39.6 Å². The van der Waals surface area contributed by atoms with Crippen LogP contribution in [0.5, 0.6) is 0 Å². The third-order valence-corrected chi connectivity index (χ3v) is 5.57. The summed E-state index contributed by atoms with van der Waals surface area (Å²) in [5.74, 6) is -2.16. The number of halogens is 2. The minimum atomic E-state index is -0.821. The van der Waals surface area contributed by atoms with Crippen LogP contribution in [0.1, 0.15) is 17.2 Å². The maximum Gasteiger partial charge on any atom is 0.313 e. The van der Waals surface area contributed by atoms with E-state index in [1.807, 2.05) is 19.1 Å².